The van der Waals surface area contributed by atoms with Crippen molar-refractivity contribution in [1.82, 2.24) is 9.80 Å². The van der Waals surface area contributed by atoms with Gasteiger partial charge in [-0.05, 0) is 19.4 Å². The first-order valence-corrected chi connectivity index (χ1v) is 6.62. The fraction of sp³-hybridized carbons (Fsp3) is 0.500. The SMILES string of the molecule is CCCN(C(=O)c1occc1C)C1CC(=O)N(C)C1=O. The molecular weight excluding hydrogens is 260 g/mol. The van der Waals surface area contributed by atoms with Crippen LogP contribution in [0.2, 0.25) is 0 Å². The van der Waals surface area contributed by atoms with E-state index in [9.17, 15) is 14.4 Å². The molecule has 0 saturated carbocycles. The van der Waals surface area contributed by atoms with Gasteiger partial charge in [-0.15, -0.1) is 0 Å². The lowest BCUT2D eigenvalue weighted by Gasteiger charge is -2.26. The van der Waals surface area contributed by atoms with E-state index in [4.69, 9.17) is 4.42 Å². The summed E-state index contributed by atoms with van der Waals surface area (Å²) in [6.45, 7) is 4.10. The first-order chi connectivity index (χ1) is 9.47. The van der Waals surface area contributed by atoms with Crippen molar-refractivity contribution in [2.75, 3.05) is 13.6 Å². The Kier molecular flexibility index (Phi) is 3.92. The highest BCUT2D eigenvalue weighted by atomic mass is 16.3. The number of carbonyl (C=O) groups excluding carboxylic acids is 3. The van der Waals surface area contributed by atoms with E-state index < -0.39 is 6.04 Å². The number of likely N-dealkylation sites (N-methyl/N-ethyl adjacent to an activating group) is 1. The van der Waals surface area contributed by atoms with Gasteiger partial charge < -0.3 is 9.32 Å². The number of hydrogen-bond acceptors (Lipinski definition) is 4. The third-order valence-corrected chi connectivity index (χ3v) is 3.52. The van der Waals surface area contributed by atoms with Gasteiger partial charge in [0.1, 0.15) is 6.04 Å². The summed E-state index contributed by atoms with van der Waals surface area (Å²) in [6, 6.07) is 0.981. The maximum absolute atomic E-state index is 12.5. The summed E-state index contributed by atoms with van der Waals surface area (Å²) in [5.74, 6) is -0.699. The molecule has 0 bridgehead atoms. The molecule has 6 heteroatoms. The molecule has 1 aliphatic heterocycles. The molecule has 0 N–H and O–H groups in total. The summed E-state index contributed by atoms with van der Waals surface area (Å²) in [5, 5.41) is 0. The molecule has 0 radical (unpaired) electrons. The van der Waals surface area contributed by atoms with Gasteiger partial charge in [-0.2, -0.15) is 0 Å². The van der Waals surface area contributed by atoms with Crippen molar-refractivity contribution >= 4 is 17.7 Å². The number of furan rings is 1. The summed E-state index contributed by atoms with van der Waals surface area (Å²) in [5.41, 5.74) is 0.723. The maximum Gasteiger partial charge on any atom is 0.290 e. The second-order valence-electron chi connectivity index (χ2n) is 4.94. The number of hydrogen-bond donors (Lipinski definition) is 0. The minimum absolute atomic E-state index is 0.0425. The fourth-order valence-electron chi connectivity index (χ4n) is 2.34. The lowest BCUT2D eigenvalue weighted by atomic mass is 10.1. The molecule has 3 amide bonds. The number of carbonyl (C=O) groups is 3. The summed E-state index contributed by atoms with van der Waals surface area (Å²) < 4.78 is 5.20. The van der Waals surface area contributed by atoms with Crippen LogP contribution in [-0.4, -0.2) is 47.2 Å². The lowest BCUT2D eigenvalue weighted by molar-refractivity contribution is -0.137. The zero-order valence-corrected chi connectivity index (χ0v) is 11.9. The van der Waals surface area contributed by atoms with Crippen LogP contribution in [0, 0.1) is 6.92 Å². The van der Waals surface area contributed by atoms with Crippen LogP contribution in [-0.2, 0) is 9.59 Å². The van der Waals surface area contributed by atoms with Gasteiger partial charge in [0.05, 0.1) is 12.7 Å². The number of amides is 3. The van der Waals surface area contributed by atoms with E-state index in [1.165, 1.54) is 18.2 Å². The molecule has 1 atom stereocenters. The van der Waals surface area contributed by atoms with Crippen LogP contribution in [0.4, 0.5) is 0 Å². The predicted octanol–water partition coefficient (Wildman–Crippen LogP) is 1.20. The highest BCUT2D eigenvalue weighted by molar-refractivity contribution is 6.07. The molecule has 1 aliphatic rings. The molecule has 2 rings (SSSR count). The van der Waals surface area contributed by atoms with Crippen molar-refractivity contribution in [3.8, 4) is 0 Å². The van der Waals surface area contributed by atoms with E-state index >= 15 is 0 Å². The highest BCUT2D eigenvalue weighted by Gasteiger charge is 2.42. The molecule has 1 aromatic heterocycles. The number of imide groups is 1. The van der Waals surface area contributed by atoms with Crippen molar-refractivity contribution in [2.24, 2.45) is 0 Å². The van der Waals surface area contributed by atoms with Crippen molar-refractivity contribution in [1.29, 1.82) is 0 Å². The summed E-state index contributed by atoms with van der Waals surface area (Å²) >= 11 is 0. The van der Waals surface area contributed by atoms with Gasteiger partial charge in [0.2, 0.25) is 5.91 Å². The fourth-order valence-corrected chi connectivity index (χ4v) is 2.34. The Morgan fingerprint density at radius 2 is 2.20 bits per heavy atom. The van der Waals surface area contributed by atoms with Crippen molar-refractivity contribution < 1.29 is 18.8 Å². The van der Waals surface area contributed by atoms with Crippen molar-refractivity contribution in [3.63, 3.8) is 0 Å². The number of nitrogens with zero attached hydrogens (tertiary/aromatic N) is 2. The van der Waals surface area contributed by atoms with Crippen LogP contribution in [0.15, 0.2) is 16.7 Å². The first kappa shape index (κ1) is 14.3. The molecule has 1 saturated heterocycles. The molecule has 1 fully saturated rings. The zero-order chi connectivity index (χ0) is 14.9. The van der Waals surface area contributed by atoms with E-state index in [2.05, 4.69) is 0 Å². The molecule has 0 aromatic carbocycles. The van der Waals surface area contributed by atoms with Crippen LogP contribution >= 0.6 is 0 Å². The Morgan fingerprint density at radius 3 is 2.65 bits per heavy atom. The Labute approximate surface area is 117 Å². The maximum atomic E-state index is 12.5. The quantitative estimate of drug-likeness (QED) is 0.776. The van der Waals surface area contributed by atoms with Crippen molar-refractivity contribution in [2.45, 2.75) is 32.7 Å². The standard InChI is InChI=1S/C14H18N2O4/c1-4-6-16(10-8-11(17)15(3)13(10)18)14(19)12-9(2)5-7-20-12/h5,7,10H,4,6,8H2,1-3H3. The molecule has 1 unspecified atom stereocenters. The third kappa shape index (κ3) is 2.33. The van der Waals surface area contributed by atoms with Crippen molar-refractivity contribution in [3.05, 3.63) is 23.7 Å². The number of rotatable bonds is 4. The van der Waals surface area contributed by atoms with Gasteiger partial charge in [0.25, 0.3) is 11.8 Å². The van der Waals surface area contributed by atoms with Crippen LogP contribution in [0.25, 0.3) is 0 Å². The molecule has 0 spiro atoms. The second-order valence-corrected chi connectivity index (χ2v) is 4.94. The van der Waals surface area contributed by atoms with Crippen LogP contribution in [0.1, 0.15) is 35.9 Å². The molecule has 108 valence electrons. The number of likely N-dealkylation sites (tertiary alicyclic amines) is 1. The van der Waals surface area contributed by atoms with Gasteiger partial charge >= 0.3 is 0 Å². The second kappa shape index (κ2) is 5.48. The summed E-state index contributed by atoms with van der Waals surface area (Å²) in [4.78, 5) is 38.7. The van der Waals surface area contributed by atoms with Crippen LogP contribution in [0.3, 0.4) is 0 Å². The van der Waals surface area contributed by atoms with E-state index in [0.717, 1.165) is 10.5 Å². The monoisotopic (exact) mass is 278 g/mol. The molecule has 6 nitrogen and oxygen atoms in total. The Balaban J connectivity index is 2.28. The minimum atomic E-state index is -0.718. The van der Waals surface area contributed by atoms with E-state index in [-0.39, 0.29) is 29.9 Å². The van der Waals surface area contributed by atoms with E-state index in [1.54, 1.807) is 13.0 Å². The summed E-state index contributed by atoms with van der Waals surface area (Å²) in [7, 11) is 1.44. The first-order valence-electron chi connectivity index (χ1n) is 6.62. The Morgan fingerprint density at radius 1 is 1.50 bits per heavy atom. The van der Waals surface area contributed by atoms with Gasteiger partial charge in [-0.3, -0.25) is 19.3 Å². The molecular formula is C14H18N2O4. The van der Waals surface area contributed by atoms with Crippen LogP contribution in [0.5, 0.6) is 0 Å². The minimum Gasteiger partial charge on any atom is -0.459 e. The largest absolute Gasteiger partial charge is 0.459 e. The average molecular weight is 278 g/mol. The average Bonchev–Trinajstić information content (AvgIpc) is 2.95. The van der Waals surface area contributed by atoms with E-state index in [1.807, 2.05) is 6.92 Å². The van der Waals surface area contributed by atoms with Crippen LogP contribution < -0.4 is 0 Å². The predicted molar refractivity (Wildman–Crippen MR) is 71.0 cm³/mol. The van der Waals surface area contributed by atoms with Gasteiger partial charge in [-0.1, -0.05) is 6.92 Å². The smallest absolute Gasteiger partial charge is 0.290 e. The Hall–Kier alpha value is -2.11. The lowest BCUT2D eigenvalue weighted by Crippen LogP contribution is -2.45. The summed E-state index contributed by atoms with van der Waals surface area (Å²) in [6.07, 6.45) is 2.19. The topological polar surface area (TPSA) is 70.8 Å². The normalized spacial score (nSPS) is 18.8. The number of aryl methyl sites for hydroxylation is 1. The van der Waals surface area contributed by atoms with Gasteiger partial charge in [0, 0.05) is 19.2 Å². The Bertz CT molecular complexity index is 549. The third-order valence-electron chi connectivity index (χ3n) is 3.52. The van der Waals surface area contributed by atoms with E-state index in [0.29, 0.717) is 13.0 Å². The van der Waals surface area contributed by atoms with Gasteiger partial charge in [0.15, 0.2) is 5.76 Å². The molecule has 20 heavy (non-hydrogen) atoms. The highest BCUT2D eigenvalue weighted by Crippen LogP contribution is 2.21. The molecule has 1 aromatic rings. The molecule has 2 heterocycles. The van der Waals surface area contributed by atoms with Gasteiger partial charge in [-0.25, -0.2) is 0 Å². The molecule has 0 aliphatic carbocycles. The zero-order valence-electron chi connectivity index (χ0n) is 11.9.